The Hall–Kier alpha value is -1.84. The van der Waals surface area contributed by atoms with Gasteiger partial charge in [0.05, 0.1) is 12.3 Å². The van der Waals surface area contributed by atoms with E-state index in [1.165, 1.54) is 0 Å². The molecule has 114 valence electrons. The Balaban J connectivity index is 2.16. The Labute approximate surface area is 125 Å². The zero-order valence-electron chi connectivity index (χ0n) is 13.0. The van der Waals surface area contributed by atoms with Crippen LogP contribution < -0.4 is 0 Å². The largest absolute Gasteiger partial charge is 0.462 e. The maximum absolute atomic E-state index is 12.0. The van der Waals surface area contributed by atoms with Crippen molar-refractivity contribution < 1.29 is 19.1 Å². The van der Waals surface area contributed by atoms with E-state index >= 15 is 0 Å². The topological polar surface area (TPSA) is 52.6 Å². The van der Waals surface area contributed by atoms with Gasteiger partial charge >= 0.3 is 11.9 Å². The van der Waals surface area contributed by atoms with Gasteiger partial charge in [-0.3, -0.25) is 9.59 Å². The number of ether oxygens (including phenoxy) is 2. The lowest BCUT2D eigenvalue weighted by molar-refractivity contribution is -0.159. The number of hydrogen-bond donors (Lipinski definition) is 0. The van der Waals surface area contributed by atoms with Crippen molar-refractivity contribution in [3.8, 4) is 0 Å². The fraction of sp³-hybridized carbons (Fsp3) is 0.529. The molecule has 0 N–H and O–H groups in total. The Morgan fingerprint density at radius 1 is 1.24 bits per heavy atom. The van der Waals surface area contributed by atoms with Crippen molar-refractivity contribution in [2.45, 2.75) is 51.7 Å². The van der Waals surface area contributed by atoms with Crippen LogP contribution in [0.3, 0.4) is 0 Å². The van der Waals surface area contributed by atoms with Gasteiger partial charge in [-0.1, -0.05) is 30.3 Å². The molecule has 0 amide bonds. The van der Waals surface area contributed by atoms with Crippen molar-refractivity contribution >= 4 is 11.9 Å². The van der Waals surface area contributed by atoms with E-state index in [-0.39, 0.29) is 30.4 Å². The Morgan fingerprint density at radius 3 is 2.43 bits per heavy atom. The number of rotatable bonds is 3. The molecule has 0 aromatic heterocycles. The van der Waals surface area contributed by atoms with Crippen LogP contribution in [0.15, 0.2) is 30.3 Å². The highest BCUT2D eigenvalue weighted by Crippen LogP contribution is 2.39. The Morgan fingerprint density at radius 2 is 1.86 bits per heavy atom. The summed E-state index contributed by atoms with van der Waals surface area (Å²) in [6.07, 6.45) is -0.174. The first-order valence-corrected chi connectivity index (χ1v) is 7.25. The molecule has 4 nitrogen and oxygen atoms in total. The summed E-state index contributed by atoms with van der Waals surface area (Å²) in [5.74, 6) is -1.26. The maximum atomic E-state index is 12.0. The molecule has 0 bridgehead atoms. The molecular formula is C17H22O4. The first-order chi connectivity index (χ1) is 9.78. The average Bonchev–Trinajstić information content (AvgIpc) is 2.63. The van der Waals surface area contributed by atoms with Crippen LogP contribution in [0.2, 0.25) is 0 Å². The summed E-state index contributed by atoms with van der Waals surface area (Å²) in [6.45, 7) is 7.31. The second-order valence-corrected chi connectivity index (χ2v) is 6.48. The molecule has 0 aliphatic carbocycles. The van der Waals surface area contributed by atoms with Crippen molar-refractivity contribution in [2.75, 3.05) is 0 Å². The summed E-state index contributed by atoms with van der Waals surface area (Å²) in [7, 11) is 0. The highest BCUT2D eigenvalue weighted by atomic mass is 16.6. The van der Waals surface area contributed by atoms with Gasteiger partial charge in [-0.2, -0.15) is 0 Å². The quantitative estimate of drug-likeness (QED) is 0.803. The Bertz CT molecular complexity index is 515. The van der Waals surface area contributed by atoms with Crippen molar-refractivity contribution in [3.63, 3.8) is 0 Å². The van der Waals surface area contributed by atoms with Gasteiger partial charge < -0.3 is 9.47 Å². The molecule has 1 aromatic rings. The minimum Gasteiger partial charge on any atom is -0.462 e. The van der Waals surface area contributed by atoms with Gasteiger partial charge in [0.15, 0.2) is 0 Å². The molecule has 3 atom stereocenters. The summed E-state index contributed by atoms with van der Waals surface area (Å²) in [6, 6.07) is 9.70. The van der Waals surface area contributed by atoms with Crippen molar-refractivity contribution in [3.05, 3.63) is 35.9 Å². The van der Waals surface area contributed by atoms with Crippen molar-refractivity contribution in [2.24, 2.45) is 5.92 Å². The third kappa shape index (κ3) is 3.84. The number of esters is 2. The van der Waals surface area contributed by atoms with E-state index in [0.717, 1.165) is 5.56 Å². The minimum atomic E-state index is -0.548. The molecule has 0 unspecified atom stereocenters. The van der Waals surface area contributed by atoms with Crippen LogP contribution in [-0.4, -0.2) is 23.6 Å². The molecule has 4 heteroatoms. The smallest absolute Gasteiger partial charge is 0.310 e. The molecule has 1 heterocycles. The lowest BCUT2D eigenvalue weighted by Gasteiger charge is -2.22. The van der Waals surface area contributed by atoms with Crippen LogP contribution in [0, 0.1) is 5.92 Å². The van der Waals surface area contributed by atoms with Crippen LogP contribution in [0.4, 0.5) is 0 Å². The standard InChI is InChI=1S/C17H22O4/c1-11-15(12-8-6-5-7-9-12)13(16(19)20-11)10-14(18)21-17(2,3)4/h5-9,11,13,15H,10H2,1-4H3/t11-,13+,15+/m1/s1. The monoisotopic (exact) mass is 290 g/mol. The normalized spacial score (nSPS) is 25.5. The Kier molecular flexibility index (Phi) is 4.35. The van der Waals surface area contributed by atoms with Gasteiger partial charge in [-0.05, 0) is 33.3 Å². The van der Waals surface area contributed by atoms with Gasteiger partial charge in [0.2, 0.25) is 0 Å². The van der Waals surface area contributed by atoms with Gasteiger partial charge in [-0.15, -0.1) is 0 Å². The molecule has 1 fully saturated rings. The SMILES string of the molecule is C[C@H]1OC(=O)[C@@H](CC(=O)OC(C)(C)C)[C@@H]1c1ccccc1. The molecule has 1 aliphatic rings. The third-order valence-corrected chi connectivity index (χ3v) is 3.54. The van der Waals surface area contributed by atoms with Crippen LogP contribution in [0.5, 0.6) is 0 Å². The van der Waals surface area contributed by atoms with Crippen molar-refractivity contribution in [1.82, 2.24) is 0 Å². The predicted molar refractivity (Wildman–Crippen MR) is 78.7 cm³/mol. The molecule has 1 aromatic carbocycles. The van der Waals surface area contributed by atoms with Gasteiger partial charge in [0.1, 0.15) is 11.7 Å². The predicted octanol–water partition coefficient (Wildman–Crippen LogP) is 3.06. The van der Waals surface area contributed by atoms with E-state index < -0.39 is 11.5 Å². The van der Waals surface area contributed by atoms with E-state index in [4.69, 9.17) is 9.47 Å². The number of carbonyl (C=O) groups is 2. The molecule has 0 radical (unpaired) electrons. The first-order valence-electron chi connectivity index (χ1n) is 7.25. The van der Waals surface area contributed by atoms with Crippen LogP contribution in [0.1, 0.15) is 45.6 Å². The summed E-state index contributed by atoms with van der Waals surface area (Å²) in [4.78, 5) is 24.1. The molecule has 0 saturated carbocycles. The molecule has 2 rings (SSSR count). The zero-order valence-corrected chi connectivity index (χ0v) is 13.0. The van der Waals surface area contributed by atoms with Crippen LogP contribution in [0.25, 0.3) is 0 Å². The lowest BCUT2D eigenvalue weighted by atomic mass is 9.83. The molecular weight excluding hydrogens is 268 g/mol. The lowest BCUT2D eigenvalue weighted by Crippen LogP contribution is -2.28. The summed E-state index contributed by atoms with van der Waals surface area (Å²) in [5.41, 5.74) is 0.470. The van der Waals surface area contributed by atoms with Crippen molar-refractivity contribution in [1.29, 1.82) is 0 Å². The van der Waals surface area contributed by atoms with Gasteiger partial charge in [0.25, 0.3) is 0 Å². The van der Waals surface area contributed by atoms with Gasteiger partial charge in [0, 0.05) is 5.92 Å². The first kappa shape index (κ1) is 15.5. The molecule has 1 saturated heterocycles. The van der Waals surface area contributed by atoms with E-state index in [2.05, 4.69) is 0 Å². The van der Waals surface area contributed by atoms with Crippen LogP contribution in [-0.2, 0) is 19.1 Å². The number of cyclic esters (lactones) is 1. The third-order valence-electron chi connectivity index (χ3n) is 3.54. The number of carbonyl (C=O) groups excluding carboxylic acids is 2. The van der Waals surface area contributed by atoms with E-state index in [0.29, 0.717) is 0 Å². The summed E-state index contributed by atoms with van der Waals surface area (Å²) < 4.78 is 10.6. The van der Waals surface area contributed by atoms with Crippen LogP contribution >= 0.6 is 0 Å². The number of benzene rings is 1. The summed E-state index contributed by atoms with van der Waals surface area (Å²) >= 11 is 0. The second-order valence-electron chi connectivity index (χ2n) is 6.48. The van der Waals surface area contributed by atoms with Gasteiger partial charge in [-0.25, -0.2) is 0 Å². The highest BCUT2D eigenvalue weighted by molar-refractivity contribution is 5.83. The summed E-state index contributed by atoms with van der Waals surface area (Å²) in [5, 5.41) is 0. The maximum Gasteiger partial charge on any atom is 0.310 e. The van der Waals surface area contributed by atoms with E-state index in [9.17, 15) is 9.59 Å². The zero-order chi connectivity index (χ0) is 15.6. The molecule has 21 heavy (non-hydrogen) atoms. The molecule has 1 aliphatic heterocycles. The fourth-order valence-electron chi connectivity index (χ4n) is 2.77. The fourth-order valence-corrected chi connectivity index (χ4v) is 2.77. The molecule has 0 spiro atoms. The van der Waals surface area contributed by atoms with E-state index in [1.54, 1.807) is 0 Å². The second kappa shape index (κ2) is 5.88. The average molecular weight is 290 g/mol. The minimum absolute atomic E-state index is 0.0556. The van der Waals surface area contributed by atoms with E-state index in [1.807, 2.05) is 58.0 Å². The number of hydrogen-bond acceptors (Lipinski definition) is 4. The highest BCUT2D eigenvalue weighted by Gasteiger charge is 2.44.